The zero-order valence-electron chi connectivity index (χ0n) is 4.48. The fourth-order valence-electron chi connectivity index (χ4n) is 0.636. The number of fused-ring (bicyclic) bond motifs is 1. The van der Waals surface area contributed by atoms with Crippen molar-refractivity contribution < 1.29 is 4.52 Å². The van der Waals surface area contributed by atoms with Crippen molar-refractivity contribution in [2.75, 3.05) is 0 Å². The van der Waals surface area contributed by atoms with Crippen molar-refractivity contribution in [1.82, 2.24) is 15.4 Å². The van der Waals surface area contributed by atoms with Crippen LogP contribution in [0.25, 0.3) is 11.3 Å². The molecule has 44 valence electrons. The molecule has 0 saturated heterocycles. The highest BCUT2D eigenvalue weighted by atomic mass is 16.4. The third kappa shape index (κ3) is 0.561. The maximum Gasteiger partial charge on any atom is 0.133 e. The normalized spacial score (nSPS) is 10.2. The first kappa shape index (κ1) is 4.43. The van der Waals surface area contributed by atoms with Gasteiger partial charge in [-0.2, -0.15) is 5.10 Å². The summed E-state index contributed by atoms with van der Waals surface area (Å²) in [6, 6.07) is 0. The number of aromatic nitrogens is 3. The van der Waals surface area contributed by atoms with Crippen molar-refractivity contribution in [1.29, 1.82) is 0 Å². The zero-order chi connectivity index (χ0) is 6.10. The Hall–Kier alpha value is -1.45. The van der Waals surface area contributed by atoms with E-state index in [-0.39, 0.29) is 0 Å². The van der Waals surface area contributed by atoms with Crippen molar-refractivity contribution in [3.8, 4) is 11.3 Å². The molecule has 0 saturated carbocycles. The van der Waals surface area contributed by atoms with E-state index in [4.69, 9.17) is 0 Å². The van der Waals surface area contributed by atoms with E-state index in [9.17, 15) is 0 Å². The second kappa shape index (κ2) is 1.51. The van der Waals surface area contributed by atoms with E-state index in [1.807, 2.05) is 0 Å². The van der Waals surface area contributed by atoms with Gasteiger partial charge in [-0.25, -0.2) is 0 Å². The topological polar surface area (TPSA) is 51.8 Å². The predicted molar refractivity (Wildman–Crippen MR) is 28.7 cm³/mol. The molecule has 0 aromatic heterocycles. The summed E-state index contributed by atoms with van der Waals surface area (Å²) in [6.07, 6.45) is 4.66. The Bertz CT molecular complexity index is 252. The third-order valence-corrected chi connectivity index (χ3v) is 1.07. The van der Waals surface area contributed by atoms with Gasteiger partial charge in [0, 0.05) is 0 Å². The average Bonchev–Trinajstić information content (AvgIpc) is 2.33. The van der Waals surface area contributed by atoms with Gasteiger partial charge < -0.3 is 4.52 Å². The minimum absolute atomic E-state index is 0.765. The van der Waals surface area contributed by atoms with Gasteiger partial charge in [-0.15, -0.1) is 5.10 Å². The molecule has 0 N–H and O–H groups in total. The lowest BCUT2D eigenvalue weighted by Crippen LogP contribution is -1.76. The summed E-state index contributed by atoms with van der Waals surface area (Å²) in [5, 5.41) is 10.9. The molecule has 0 atom stereocenters. The molecule has 0 unspecified atom stereocenters. The molecule has 9 heavy (non-hydrogen) atoms. The highest BCUT2D eigenvalue weighted by Gasteiger charge is 2.02. The van der Waals surface area contributed by atoms with Gasteiger partial charge in [-0.1, -0.05) is 5.16 Å². The van der Waals surface area contributed by atoms with Crippen molar-refractivity contribution >= 4 is 0 Å². The van der Waals surface area contributed by atoms with Crippen LogP contribution in [-0.4, -0.2) is 15.4 Å². The van der Waals surface area contributed by atoms with Gasteiger partial charge in [0.05, 0.1) is 18.0 Å². The maximum absolute atomic E-state index is 4.62. The Morgan fingerprint density at radius 1 is 1.33 bits per heavy atom. The van der Waals surface area contributed by atoms with Crippen LogP contribution in [0.1, 0.15) is 0 Å². The predicted octanol–water partition coefficient (Wildman–Crippen LogP) is 0.569. The van der Waals surface area contributed by atoms with Gasteiger partial charge in [0.15, 0.2) is 0 Å². The van der Waals surface area contributed by atoms with E-state index < -0.39 is 0 Å². The smallest absolute Gasteiger partial charge is 0.133 e. The molecule has 4 heteroatoms. The van der Waals surface area contributed by atoms with Crippen LogP contribution in [0.15, 0.2) is 23.2 Å². The average molecular weight is 121 g/mol. The van der Waals surface area contributed by atoms with Crippen LogP contribution in [0.3, 0.4) is 0 Å². The lowest BCUT2D eigenvalue weighted by atomic mass is 10.3. The first-order chi connectivity index (χ1) is 4.47. The Balaban J connectivity index is 2.79. The second-order valence-corrected chi connectivity index (χ2v) is 1.64. The molecule has 0 spiro atoms. The number of rotatable bonds is 0. The number of nitrogens with zero attached hydrogens (tertiary/aromatic N) is 3. The summed E-state index contributed by atoms with van der Waals surface area (Å²) in [5.41, 5.74) is 1.64. The Morgan fingerprint density at radius 3 is 3.22 bits per heavy atom. The zero-order valence-corrected chi connectivity index (χ0v) is 4.48. The SMILES string of the molecule is c1nnc2cnocc1-2. The maximum atomic E-state index is 4.62. The minimum atomic E-state index is 0.765. The van der Waals surface area contributed by atoms with Crippen LogP contribution < -0.4 is 0 Å². The summed E-state index contributed by atoms with van der Waals surface area (Å²) >= 11 is 0. The summed E-state index contributed by atoms with van der Waals surface area (Å²) < 4.78 is 4.62. The van der Waals surface area contributed by atoms with Crippen LogP contribution in [0.4, 0.5) is 0 Å². The standard InChI is InChI=1S/C5H3N3O/c1-4-3-9-7-2-5(4)8-6-1/h1-3H. The van der Waals surface area contributed by atoms with Gasteiger partial charge in [0.2, 0.25) is 0 Å². The van der Waals surface area contributed by atoms with E-state index in [0.29, 0.717) is 0 Å². The molecular formula is C5H3N3O. The van der Waals surface area contributed by atoms with Gasteiger partial charge in [-0.3, -0.25) is 0 Å². The van der Waals surface area contributed by atoms with Gasteiger partial charge in [0.1, 0.15) is 12.0 Å². The third-order valence-electron chi connectivity index (χ3n) is 1.07. The molecule has 2 aliphatic rings. The molecule has 2 rings (SSSR count). The molecule has 0 bridgehead atoms. The van der Waals surface area contributed by atoms with Crippen LogP contribution >= 0.6 is 0 Å². The molecule has 0 amide bonds. The summed E-state index contributed by atoms with van der Waals surface area (Å²) in [4.78, 5) is 0. The summed E-state index contributed by atoms with van der Waals surface area (Å²) in [6.45, 7) is 0. The van der Waals surface area contributed by atoms with Crippen molar-refractivity contribution in [3.63, 3.8) is 0 Å². The molecule has 4 nitrogen and oxygen atoms in total. The lowest BCUT2D eigenvalue weighted by Gasteiger charge is -1.86. The van der Waals surface area contributed by atoms with Crippen LogP contribution in [0, 0.1) is 0 Å². The monoisotopic (exact) mass is 121 g/mol. The Labute approximate surface area is 50.8 Å². The molecule has 0 fully saturated rings. The van der Waals surface area contributed by atoms with Gasteiger partial charge in [0.25, 0.3) is 0 Å². The van der Waals surface area contributed by atoms with Gasteiger partial charge in [-0.05, 0) is 0 Å². The first-order valence-corrected chi connectivity index (χ1v) is 2.47. The van der Waals surface area contributed by atoms with E-state index in [2.05, 4.69) is 19.9 Å². The fraction of sp³-hybridized carbons (Fsp3) is 0. The fourth-order valence-corrected chi connectivity index (χ4v) is 0.636. The molecule has 0 aromatic rings. The quantitative estimate of drug-likeness (QED) is 0.511. The van der Waals surface area contributed by atoms with Gasteiger partial charge >= 0.3 is 0 Å². The van der Waals surface area contributed by atoms with E-state index in [1.54, 1.807) is 6.20 Å². The molecule has 0 aromatic carbocycles. The van der Waals surface area contributed by atoms with Crippen molar-refractivity contribution in [3.05, 3.63) is 18.7 Å². The summed E-state index contributed by atoms with van der Waals surface area (Å²) in [5.74, 6) is 0. The van der Waals surface area contributed by atoms with Crippen molar-refractivity contribution in [2.45, 2.75) is 0 Å². The highest BCUT2D eigenvalue weighted by molar-refractivity contribution is 5.54. The largest absolute Gasteiger partial charge is 0.364 e. The number of hydrogen-bond acceptors (Lipinski definition) is 4. The molecular weight excluding hydrogens is 118 g/mol. The van der Waals surface area contributed by atoms with Crippen LogP contribution in [0.5, 0.6) is 0 Å². The van der Waals surface area contributed by atoms with E-state index in [0.717, 1.165) is 11.3 Å². The Kier molecular flexibility index (Phi) is 0.745. The second-order valence-electron chi connectivity index (χ2n) is 1.64. The first-order valence-electron chi connectivity index (χ1n) is 2.47. The van der Waals surface area contributed by atoms with Crippen LogP contribution in [0.2, 0.25) is 0 Å². The molecule has 0 aliphatic carbocycles. The molecule has 2 heterocycles. The molecule has 2 aliphatic heterocycles. The molecule has 0 radical (unpaired) electrons. The van der Waals surface area contributed by atoms with E-state index in [1.165, 1.54) is 12.5 Å². The van der Waals surface area contributed by atoms with E-state index >= 15 is 0 Å². The lowest BCUT2D eigenvalue weighted by molar-refractivity contribution is 0.400. The van der Waals surface area contributed by atoms with Crippen LogP contribution in [-0.2, 0) is 0 Å². The summed E-state index contributed by atoms with van der Waals surface area (Å²) in [7, 11) is 0. The minimum Gasteiger partial charge on any atom is -0.364 e. The van der Waals surface area contributed by atoms with Crippen molar-refractivity contribution in [2.24, 2.45) is 0 Å². The highest BCUT2D eigenvalue weighted by Crippen LogP contribution is 2.13. The number of hydrogen-bond donors (Lipinski definition) is 0. The Morgan fingerprint density at radius 2 is 2.33 bits per heavy atom.